The summed E-state index contributed by atoms with van der Waals surface area (Å²) in [6, 6.07) is 5.44. The van der Waals surface area contributed by atoms with Gasteiger partial charge in [0.05, 0.1) is 6.54 Å². The quantitative estimate of drug-likeness (QED) is 0.648. The Kier molecular flexibility index (Phi) is 6.43. The Balaban J connectivity index is 1.16. The van der Waals surface area contributed by atoms with Gasteiger partial charge >= 0.3 is 0 Å². The van der Waals surface area contributed by atoms with Gasteiger partial charge in [-0.3, -0.25) is 14.6 Å². The van der Waals surface area contributed by atoms with E-state index < -0.39 is 5.41 Å². The highest BCUT2D eigenvalue weighted by atomic mass is 31.0. The molecule has 3 fully saturated rings. The van der Waals surface area contributed by atoms with E-state index in [4.69, 9.17) is 4.98 Å². The predicted octanol–water partition coefficient (Wildman–Crippen LogP) is 2.67. The van der Waals surface area contributed by atoms with Gasteiger partial charge in [-0.05, 0) is 31.4 Å². The van der Waals surface area contributed by atoms with Crippen molar-refractivity contribution in [3.63, 3.8) is 0 Å². The number of carbonyl (C=O) groups is 1. The summed E-state index contributed by atoms with van der Waals surface area (Å²) in [6.07, 6.45) is 5.72. The molecule has 0 saturated carbocycles. The third kappa shape index (κ3) is 4.80. The van der Waals surface area contributed by atoms with Gasteiger partial charge < -0.3 is 9.80 Å². The standard InChI is InChI=1S/C24H37FN5OP/c1-18-3-2-4-20-16-29(13-14-30(18)20)23(31)17-27-10-7-21-19(15-27)5-6-22(26-21)28-11-8-24(25,32)9-12-28/h5-6,18,20H,2-4,7-17,32H2,1H3. The van der Waals surface area contributed by atoms with Crippen molar-refractivity contribution in [1.29, 1.82) is 0 Å². The molecule has 4 aliphatic rings. The summed E-state index contributed by atoms with van der Waals surface area (Å²) >= 11 is 0. The SMILES string of the molecule is CC1CCCC2CN(C(=O)CN3CCc4nc(N5CCC(F)(P)CC5)ccc4C3)CCN12. The number of pyridine rings is 1. The molecule has 0 aromatic carbocycles. The first kappa shape index (κ1) is 22.5. The van der Waals surface area contributed by atoms with Crippen LogP contribution in [0.5, 0.6) is 0 Å². The molecule has 3 unspecified atom stereocenters. The minimum Gasteiger partial charge on any atom is -0.356 e. The number of rotatable bonds is 3. The Morgan fingerprint density at radius 2 is 2.00 bits per heavy atom. The van der Waals surface area contributed by atoms with Gasteiger partial charge in [0.1, 0.15) is 11.2 Å². The number of hydrogen-bond donors (Lipinski definition) is 0. The molecule has 176 valence electrons. The number of piperazine rings is 1. The minimum atomic E-state index is -1.13. The molecule has 5 rings (SSSR count). The second-order valence-electron chi connectivity index (χ2n) is 10.3. The number of anilines is 1. The lowest BCUT2D eigenvalue weighted by Crippen LogP contribution is -2.59. The van der Waals surface area contributed by atoms with Crippen LogP contribution in [0.3, 0.4) is 0 Å². The molecular formula is C24H37FN5OP. The zero-order valence-electron chi connectivity index (χ0n) is 19.3. The van der Waals surface area contributed by atoms with E-state index in [9.17, 15) is 9.18 Å². The van der Waals surface area contributed by atoms with E-state index >= 15 is 0 Å². The first-order valence-electron chi connectivity index (χ1n) is 12.4. The van der Waals surface area contributed by atoms with Crippen molar-refractivity contribution in [3.05, 3.63) is 23.4 Å². The van der Waals surface area contributed by atoms with E-state index in [1.54, 1.807) is 0 Å². The molecule has 1 amide bonds. The summed E-state index contributed by atoms with van der Waals surface area (Å²) < 4.78 is 14.1. The summed E-state index contributed by atoms with van der Waals surface area (Å²) in [4.78, 5) is 27.2. The van der Waals surface area contributed by atoms with Crippen LogP contribution in [-0.4, -0.2) is 88.9 Å². The van der Waals surface area contributed by atoms with Gasteiger partial charge in [0.2, 0.25) is 5.91 Å². The van der Waals surface area contributed by atoms with Crippen LogP contribution in [0.25, 0.3) is 0 Å². The third-order valence-electron chi connectivity index (χ3n) is 8.00. The number of nitrogens with zero attached hydrogens (tertiary/aromatic N) is 5. The van der Waals surface area contributed by atoms with Gasteiger partial charge in [-0.1, -0.05) is 21.7 Å². The maximum atomic E-state index is 14.1. The van der Waals surface area contributed by atoms with Gasteiger partial charge in [0.25, 0.3) is 0 Å². The molecule has 3 saturated heterocycles. The van der Waals surface area contributed by atoms with Gasteiger partial charge in [-0.15, -0.1) is 0 Å². The number of amides is 1. The van der Waals surface area contributed by atoms with Crippen molar-refractivity contribution in [2.24, 2.45) is 0 Å². The molecule has 1 aromatic rings. The molecule has 0 N–H and O–H groups in total. The lowest BCUT2D eigenvalue weighted by atomic mass is 9.94. The Morgan fingerprint density at radius 1 is 1.19 bits per heavy atom. The predicted molar refractivity (Wildman–Crippen MR) is 129 cm³/mol. The number of aromatic nitrogens is 1. The number of alkyl halides is 1. The smallest absolute Gasteiger partial charge is 0.236 e. The highest BCUT2D eigenvalue weighted by molar-refractivity contribution is 7.18. The largest absolute Gasteiger partial charge is 0.356 e. The summed E-state index contributed by atoms with van der Waals surface area (Å²) in [6.45, 7) is 8.68. The van der Waals surface area contributed by atoms with Crippen molar-refractivity contribution >= 4 is 21.0 Å². The van der Waals surface area contributed by atoms with E-state index in [0.29, 0.717) is 44.6 Å². The second kappa shape index (κ2) is 9.15. The molecule has 4 aliphatic heterocycles. The van der Waals surface area contributed by atoms with E-state index in [-0.39, 0.29) is 5.91 Å². The highest BCUT2D eigenvalue weighted by Crippen LogP contribution is 2.34. The highest BCUT2D eigenvalue weighted by Gasteiger charge is 2.35. The molecule has 0 aliphatic carbocycles. The fourth-order valence-electron chi connectivity index (χ4n) is 5.92. The molecule has 3 atom stereocenters. The van der Waals surface area contributed by atoms with Crippen LogP contribution in [-0.2, 0) is 17.8 Å². The second-order valence-corrected chi connectivity index (χ2v) is 11.3. The van der Waals surface area contributed by atoms with Crippen LogP contribution >= 0.6 is 9.24 Å². The molecule has 1 aromatic heterocycles. The van der Waals surface area contributed by atoms with Crippen molar-refractivity contribution in [3.8, 4) is 0 Å². The number of hydrogen-bond acceptors (Lipinski definition) is 5. The van der Waals surface area contributed by atoms with E-state index in [2.05, 4.69) is 47.9 Å². The molecule has 32 heavy (non-hydrogen) atoms. The van der Waals surface area contributed by atoms with Crippen LogP contribution < -0.4 is 4.90 Å². The van der Waals surface area contributed by atoms with Gasteiger partial charge in [-0.2, -0.15) is 0 Å². The van der Waals surface area contributed by atoms with Gasteiger partial charge in [0, 0.05) is 82.9 Å². The van der Waals surface area contributed by atoms with Crippen LogP contribution in [0.15, 0.2) is 12.1 Å². The normalized spacial score (nSPS) is 28.8. The molecule has 0 radical (unpaired) electrons. The maximum absolute atomic E-state index is 14.1. The number of fused-ring (bicyclic) bond motifs is 2. The average molecular weight is 462 g/mol. The third-order valence-corrected chi connectivity index (χ3v) is 8.57. The molecule has 0 spiro atoms. The fraction of sp³-hybridized carbons (Fsp3) is 0.750. The number of piperidine rings is 2. The van der Waals surface area contributed by atoms with Crippen LogP contribution in [0.1, 0.15) is 50.3 Å². The average Bonchev–Trinajstić information content (AvgIpc) is 2.78. The first-order valence-corrected chi connectivity index (χ1v) is 12.9. The molecular weight excluding hydrogens is 424 g/mol. The Morgan fingerprint density at radius 3 is 2.81 bits per heavy atom. The lowest BCUT2D eigenvalue weighted by Gasteiger charge is -2.47. The van der Waals surface area contributed by atoms with Crippen molar-refractivity contribution in [2.75, 3.05) is 50.7 Å². The number of carbonyl (C=O) groups excluding carboxylic acids is 1. The van der Waals surface area contributed by atoms with E-state index in [0.717, 1.165) is 50.7 Å². The van der Waals surface area contributed by atoms with Gasteiger partial charge in [-0.25, -0.2) is 9.37 Å². The summed E-state index contributed by atoms with van der Waals surface area (Å²) in [7, 11) is 2.36. The minimum absolute atomic E-state index is 0.274. The van der Waals surface area contributed by atoms with Crippen LogP contribution in [0.4, 0.5) is 10.2 Å². The van der Waals surface area contributed by atoms with Gasteiger partial charge in [0.15, 0.2) is 0 Å². The summed E-state index contributed by atoms with van der Waals surface area (Å²) in [5.74, 6) is 1.24. The summed E-state index contributed by atoms with van der Waals surface area (Å²) in [5.41, 5.74) is 2.36. The number of halogens is 1. The Hall–Kier alpha value is -1.30. The first-order chi connectivity index (χ1) is 15.4. The van der Waals surface area contributed by atoms with Crippen molar-refractivity contribution < 1.29 is 9.18 Å². The fourth-order valence-corrected chi connectivity index (χ4v) is 6.18. The lowest BCUT2D eigenvalue weighted by molar-refractivity contribution is -0.137. The topological polar surface area (TPSA) is 42.9 Å². The zero-order valence-corrected chi connectivity index (χ0v) is 20.5. The van der Waals surface area contributed by atoms with Crippen LogP contribution in [0, 0.1) is 0 Å². The Bertz CT molecular complexity index is 842. The van der Waals surface area contributed by atoms with Crippen molar-refractivity contribution in [2.45, 2.75) is 69.5 Å². The zero-order chi connectivity index (χ0) is 22.3. The molecule has 5 heterocycles. The van der Waals surface area contributed by atoms with Crippen LogP contribution in [0.2, 0.25) is 0 Å². The maximum Gasteiger partial charge on any atom is 0.236 e. The molecule has 0 bridgehead atoms. The summed E-state index contributed by atoms with van der Waals surface area (Å²) in [5, 5.41) is -1.13. The molecule has 8 heteroatoms. The Labute approximate surface area is 193 Å². The molecule has 6 nitrogen and oxygen atoms in total. The van der Waals surface area contributed by atoms with Crippen molar-refractivity contribution in [1.82, 2.24) is 19.7 Å². The van der Waals surface area contributed by atoms with E-state index in [1.807, 2.05) is 0 Å². The van der Waals surface area contributed by atoms with E-state index in [1.165, 1.54) is 24.8 Å². The monoisotopic (exact) mass is 461 g/mol.